The van der Waals surface area contributed by atoms with Crippen LogP contribution in [0.1, 0.15) is 53.4 Å². The molecule has 3 atom stereocenters. The Morgan fingerprint density at radius 3 is 2.56 bits per heavy atom. The molecule has 3 unspecified atom stereocenters. The number of hydrogen-bond donors (Lipinski definition) is 1. The van der Waals surface area contributed by atoms with Crippen molar-refractivity contribution in [2.45, 2.75) is 59.4 Å². The van der Waals surface area contributed by atoms with Gasteiger partial charge >= 0.3 is 0 Å². The maximum absolute atomic E-state index is 3.74. The largest absolute Gasteiger partial charge is 0.312 e. The molecule has 1 heteroatoms. The molecule has 0 saturated heterocycles. The lowest BCUT2D eigenvalue weighted by Gasteiger charge is -2.39. The first kappa shape index (κ1) is 12.0. The molecule has 0 aromatic carbocycles. The summed E-state index contributed by atoms with van der Waals surface area (Å²) >= 11 is 0. The third-order valence-electron chi connectivity index (χ3n) is 5.61. The van der Waals surface area contributed by atoms with E-state index in [1.165, 1.54) is 19.3 Å². The van der Waals surface area contributed by atoms with Crippen LogP contribution in [0.5, 0.6) is 0 Å². The number of nitrogens with one attached hydrogen (secondary N) is 1. The highest BCUT2D eigenvalue weighted by atomic mass is 15.0. The first-order chi connectivity index (χ1) is 7.52. The van der Waals surface area contributed by atoms with Gasteiger partial charge in [-0.3, -0.25) is 0 Å². The SMILES string of the molecule is CC#CCCNC1CC2CCC1(C)C2(C)C. The maximum Gasteiger partial charge on any atom is 0.0214 e. The summed E-state index contributed by atoms with van der Waals surface area (Å²) in [6, 6.07) is 0.722. The number of fused-ring (bicyclic) bond motifs is 2. The Balaban J connectivity index is 1.95. The molecular formula is C15H25N. The number of hydrogen-bond acceptors (Lipinski definition) is 1. The zero-order valence-corrected chi connectivity index (χ0v) is 11.2. The predicted molar refractivity (Wildman–Crippen MR) is 69.1 cm³/mol. The molecule has 2 aliphatic carbocycles. The Kier molecular flexibility index (Phi) is 3.05. The van der Waals surface area contributed by atoms with Crippen molar-refractivity contribution in [1.29, 1.82) is 0 Å². The minimum atomic E-state index is 0.511. The standard InChI is InChI=1S/C15H25N/c1-5-6-7-10-16-13-11-12-8-9-15(13,4)14(12,2)3/h12-13,16H,7-11H2,1-4H3. The van der Waals surface area contributed by atoms with Gasteiger partial charge in [-0.05, 0) is 42.9 Å². The van der Waals surface area contributed by atoms with Crippen LogP contribution in [0, 0.1) is 28.6 Å². The molecule has 0 amide bonds. The summed E-state index contributed by atoms with van der Waals surface area (Å²) in [6.45, 7) is 10.4. The van der Waals surface area contributed by atoms with Crippen LogP contribution in [-0.4, -0.2) is 12.6 Å². The molecule has 0 aromatic heterocycles. The van der Waals surface area contributed by atoms with Gasteiger partial charge in [-0.15, -0.1) is 11.8 Å². The second-order valence-electron chi connectivity index (χ2n) is 6.29. The summed E-state index contributed by atoms with van der Waals surface area (Å²) in [5, 5.41) is 3.74. The quantitative estimate of drug-likeness (QED) is 0.568. The average molecular weight is 219 g/mol. The van der Waals surface area contributed by atoms with Crippen LogP contribution in [0.15, 0.2) is 0 Å². The first-order valence-electron chi connectivity index (χ1n) is 6.65. The lowest BCUT2D eigenvalue weighted by atomic mass is 9.69. The summed E-state index contributed by atoms with van der Waals surface area (Å²) in [4.78, 5) is 0. The van der Waals surface area contributed by atoms with E-state index in [2.05, 4.69) is 37.9 Å². The van der Waals surface area contributed by atoms with Gasteiger partial charge in [-0.2, -0.15) is 0 Å². The van der Waals surface area contributed by atoms with Crippen LogP contribution >= 0.6 is 0 Å². The summed E-state index contributed by atoms with van der Waals surface area (Å²) in [7, 11) is 0. The fraction of sp³-hybridized carbons (Fsp3) is 0.867. The lowest BCUT2D eigenvalue weighted by Crippen LogP contribution is -2.44. The van der Waals surface area contributed by atoms with E-state index >= 15 is 0 Å². The molecular weight excluding hydrogens is 194 g/mol. The van der Waals surface area contributed by atoms with Gasteiger partial charge in [-0.25, -0.2) is 0 Å². The summed E-state index contributed by atoms with van der Waals surface area (Å²) in [6.07, 6.45) is 5.22. The van der Waals surface area contributed by atoms with Crippen LogP contribution in [0.2, 0.25) is 0 Å². The van der Waals surface area contributed by atoms with E-state index in [0.29, 0.717) is 10.8 Å². The molecule has 0 heterocycles. The van der Waals surface area contributed by atoms with E-state index in [9.17, 15) is 0 Å². The van der Waals surface area contributed by atoms with Gasteiger partial charge in [0, 0.05) is 19.0 Å². The Bertz CT molecular complexity index is 320. The molecule has 16 heavy (non-hydrogen) atoms. The highest BCUT2D eigenvalue weighted by Crippen LogP contribution is 2.65. The van der Waals surface area contributed by atoms with Crippen molar-refractivity contribution in [3.8, 4) is 11.8 Å². The van der Waals surface area contributed by atoms with E-state index in [1.807, 2.05) is 6.92 Å². The van der Waals surface area contributed by atoms with Gasteiger partial charge in [-0.1, -0.05) is 20.8 Å². The number of rotatable bonds is 3. The van der Waals surface area contributed by atoms with Gasteiger partial charge in [0.05, 0.1) is 0 Å². The van der Waals surface area contributed by atoms with Gasteiger partial charge in [0.15, 0.2) is 0 Å². The molecule has 0 radical (unpaired) electrons. The summed E-state index contributed by atoms with van der Waals surface area (Å²) in [5.41, 5.74) is 1.04. The van der Waals surface area contributed by atoms with Crippen molar-refractivity contribution in [2.75, 3.05) is 6.54 Å². The fourth-order valence-corrected chi connectivity index (χ4v) is 3.95. The van der Waals surface area contributed by atoms with Gasteiger partial charge in [0.1, 0.15) is 0 Å². The van der Waals surface area contributed by atoms with Crippen molar-refractivity contribution < 1.29 is 0 Å². The second kappa shape index (κ2) is 4.08. The zero-order valence-electron chi connectivity index (χ0n) is 11.2. The molecule has 1 nitrogen and oxygen atoms in total. The van der Waals surface area contributed by atoms with Crippen LogP contribution < -0.4 is 5.32 Å². The molecule has 2 saturated carbocycles. The van der Waals surface area contributed by atoms with Crippen molar-refractivity contribution in [3.05, 3.63) is 0 Å². The van der Waals surface area contributed by atoms with Crippen molar-refractivity contribution in [1.82, 2.24) is 5.32 Å². The molecule has 0 spiro atoms. The van der Waals surface area contributed by atoms with Crippen molar-refractivity contribution in [3.63, 3.8) is 0 Å². The van der Waals surface area contributed by atoms with Gasteiger partial charge in [0.25, 0.3) is 0 Å². The van der Waals surface area contributed by atoms with Crippen LogP contribution in [0.4, 0.5) is 0 Å². The normalized spacial score (nSPS) is 39.5. The summed E-state index contributed by atoms with van der Waals surface area (Å²) < 4.78 is 0. The maximum atomic E-state index is 3.74. The smallest absolute Gasteiger partial charge is 0.0214 e. The highest BCUT2D eigenvalue weighted by Gasteiger charge is 2.60. The lowest BCUT2D eigenvalue weighted by molar-refractivity contribution is 0.122. The topological polar surface area (TPSA) is 12.0 Å². The summed E-state index contributed by atoms with van der Waals surface area (Å²) in [5.74, 6) is 7.04. The molecule has 2 fully saturated rings. The fourth-order valence-electron chi connectivity index (χ4n) is 3.95. The van der Waals surface area contributed by atoms with Crippen molar-refractivity contribution in [2.24, 2.45) is 16.7 Å². The van der Waals surface area contributed by atoms with E-state index in [-0.39, 0.29) is 0 Å². The minimum absolute atomic E-state index is 0.511. The van der Waals surface area contributed by atoms with E-state index < -0.39 is 0 Å². The molecule has 2 aliphatic rings. The minimum Gasteiger partial charge on any atom is -0.312 e. The van der Waals surface area contributed by atoms with Crippen LogP contribution in [0.3, 0.4) is 0 Å². The zero-order chi connectivity index (χ0) is 11.8. The Morgan fingerprint density at radius 2 is 2.06 bits per heavy atom. The monoisotopic (exact) mass is 219 g/mol. The second-order valence-corrected chi connectivity index (χ2v) is 6.29. The van der Waals surface area contributed by atoms with Crippen LogP contribution in [-0.2, 0) is 0 Å². The molecule has 2 rings (SSSR count). The third-order valence-corrected chi connectivity index (χ3v) is 5.61. The Hall–Kier alpha value is -0.480. The van der Waals surface area contributed by atoms with Crippen LogP contribution in [0.25, 0.3) is 0 Å². The average Bonchev–Trinajstić information content (AvgIpc) is 2.57. The first-order valence-corrected chi connectivity index (χ1v) is 6.65. The Labute approximate surface area is 100 Å². The van der Waals surface area contributed by atoms with Gasteiger partial charge in [0.2, 0.25) is 0 Å². The van der Waals surface area contributed by atoms with E-state index in [4.69, 9.17) is 0 Å². The Morgan fingerprint density at radius 1 is 1.31 bits per heavy atom. The molecule has 0 aliphatic heterocycles. The highest BCUT2D eigenvalue weighted by molar-refractivity contribution is 5.13. The molecule has 90 valence electrons. The predicted octanol–water partition coefficient (Wildman–Crippen LogP) is 3.20. The molecule has 1 N–H and O–H groups in total. The molecule has 0 aromatic rings. The van der Waals surface area contributed by atoms with E-state index in [0.717, 1.165) is 24.9 Å². The van der Waals surface area contributed by atoms with E-state index in [1.54, 1.807) is 0 Å². The molecule has 2 bridgehead atoms. The third kappa shape index (κ3) is 1.59. The van der Waals surface area contributed by atoms with Crippen molar-refractivity contribution >= 4 is 0 Å². The van der Waals surface area contributed by atoms with Gasteiger partial charge < -0.3 is 5.32 Å².